The van der Waals surface area contributed by atoms with Crippen LogP contribution in [0.25, 0.3) is 11.2 Å². The smallest absolute Gasteiger partial charge is 0.330 e. The highest BCUT2D eigenvalue weighted by Gasteiger charge is 2.26. The Morgan fingerprint density at radius 3 is 2.69 bits per heavy atom. The van der Waals surface area contributed by atoms with Gasteiger partial charge in [0.15, 0.2) is 5.65 Å². The zero-order valence-electron chi connectivity index (χ0n) is 16.8. The Morgan fingerprint density at radius 1 is 1.28 bits per heavy atom. The maximum Gasteiger partial charge on any atom is 0.330 e. The van der Waals surface area contributed by atoms with Crippen molar-refractivity contribution >= 4 is 22.8 Å². The highest BCUT2D eigenvalue weighted by atomic mass is 16.3. The van der Waals surface area contributed by atoms with Crippen molar-refractivity contribution in [3.05, 3.63) is 40.0 Å². The van der Waals surface area contributed by atoms with E-state index in [0.29, 0.717) is 35.4 Å². The molecule has 1 saturated carbocycles. The van der Waals surface area contributed by atoms with E-state index in [1.807, 2.05) is 6.92 Å². The molecular weight excluding hydrogens is 372 g/mol. The molecule has 0 bridgehead atoms. The lowest BCUT2D eigenvalue weighted by atomic mass is 9.93. The number of rotatable bonds is 4. The van der Waals surface area contributed by atoms with Gasteiger partial charge in [-0.05, 0) is 44.2 Å². The van der Waals surface area contributed by atoms with Crippen LogP contribution in [0.5, 0.6) is 0 Å². The zero-order valence-corrected chi connectivity index (χ0v) is 16.8. The van der Waals surface area contributed by atoms with E-state index in [4.69, 9.17) is 5.41 Å². The predicted octanol–water partition coefficient (Wildman–Crippen LogP) is 1.11. The normalized spacial score (nSPS) is 19.4. The Bertz CT molecular complexity index is 1170. The third-order valence-corrected chi connectivity index (χ3v) is 5.65. The molecule has 1 aliphatic carbocycles. The molecule has 0 aliphatic heterocycles. The number of nitrogens with one attached hydrogen (secondary N) is 3. The molecule has 1 aliphatic rings. The number of aromatic nitrogens is 5. The Kier molecular flexibility index (Phi) is 4.87. The topological polar surface area (TPSA) is 126 Å². The van der Waals surface area contributed by atoms with Crippen LogP contribution >= 0.6 is 0 Å². The van der Waals surface area contributed by atoms with Crippen LogP contribution < -0.4 is 21.9 Å². The summed E-state index contributed by atoms with van der Waals surface area (Å²) in [6.45, 7) is 1.91. The summed E-state index contributed by atoms with van der Waals surface area (Å²) < 4.78 is 4.89. The third kappa shape index (κ3) is 3.39. The highest BCUT2D eigenvalue weighted by molar-refractivity contribution is 5.73. The van der Waals surface area contributed by atoms with Gasteiger partial charge >= 0.3 is 5.69 Å². The van der Waals surface area contributed by atoms with Crippen LogP contribution in [-0.4, -0.2) is 42.0 Å². The quantitative estimate of drug-likeness (QED) is 0.522. The Hall–Kier alpha value is -3.14. The summed E-state index contributed by atoms with van der Waals surface area (Å²) in [5.74, 6) is 0.385. The summed E-state index contributed by atoms with van der Waals surface area (Å²) in [4.78, 5) is 21.9. The SMILES string of the molecule is CNn1cc(Nc2ncc3c(n2)n([C@H]2CC[C@@H](O)CC2)c(=O)n3C)c(C)cc1=N. The molecule has 0 amide bonds. The van der Waals surface area contributed by atoms with Crippen molar-refractivity contribution in [1.29, 1.82) is 5.41 Å². The molecule has 10 heteroatoms. The van der Waals surface area contributed by atoms with Gasteiger partial charge in [-0.2, -0.15) is 4.98 Å². The Morgan fingerprint density at radius 2 is 2.00 bits per heavy atom. The van der Waals surface area contributed by atoms with Crippen molar-refractivity contribution < 1.29 is 5.11 Å². The van der Waals surface area contributed by atoms with Crippen molar-refractivity contribution in [2.45, 2.75) is 44.8 Å². The molecule has 29 heavy (non-hydrogen) atoms. The average molecular weight is 398 g/mol. The number of anilines is 2. The van der Waals surface area contributed by atoms with Crippen LogP contribution in [-0.2, 0) is 7.05 Å². The van der Waals surface area contributed by atoms with Gasteiger partial charge in [0, 0.05) is 20.1 Å². The summed E-state index contributed by atoms with van der Waals surface area (Å²) in [6.07, 6.45) is 6.01. The van der Waals surface area contributed by atoms with E-state index in [9.17, 15) is 9.90 Å². The fourth-order valence-electron chi connectivity index (χ4n) is 3.93. The molecule has 3 heterocycles. The van der Waals surface area contributed by atoms with Crippen LogP contribution in [0.4, 0.5) is 11.6 Å². The monoisotopic (exact) mass is 398 g/mol. The van der Waals surface area contributed by atoms with Crippen LogP contribution in [0.1, 0.15) is 37.3 Å². The number of hydrogen-bond donors (Lipinski definition) is 4. The first-order valence-corrected chi connectivity index (χ1v) is 9.73. The minimum absolute atomic E-state index is 0.0214. The van der Waals surface area contributed by atoms with Gasteiger partial charge in [0.05, 0.1) is 24.2 Å². The number of imidazole rings is 1. The van der Waals surface area contributed by atoms with Crippen LogP contribution in [0.2, 0.25) is 0 Å². The number of hydrogen-bond acceptors (Lipinski definition) is 7. The standard InChI is InChI=1S/C19H26N8O2/c1-11-8-16(20)26(21-2)10-14(11)23-18-22-9-15-17(24-18)27(19(29)25(15)3)12-4-6-13(28)7-5-12/h8-10,12-13,20-21,28H,4-7H2,1-3H3,(H,22,23,24)/t12-,13+. The summed E-state index contributed by atoms with van der Waals surface area (Å²) in [5.41, 5.74) is 6.06. The molecule has 154 valence electrons. The number of aryl methyl sites for hydroxylation is 2. The average Bonchev–Trinajstić information content (AvgIpc) is 2.95. The van der Waals surface area contributed by atoms with Crippen LogP contribution in [0.15, 0.2) is 23.3 Å². The van der Waals surface area contributed by atoms with Crippen LogP contribution in [0.3, 0.4) is 0 Å². The molecule has 0 radical (unpaired) electrons. The van der Waals surface area contributed by atoms with Gasteiger partial charge in [-0.3, -0.25) is 14.5 Å². The second-order valence-electron chi connectivity index (χ2n) is 7.55. The molecule has 0 unspecified atom stereocenters. The zero-order chi connectivity index (χ0) is 20.7. The summed E-state index contributed by atoms with van der Waals surface area (Å²) in [7, 11) is 3.46. The molecule has 4 N–H and O–H groups in total. The summed E-state index contributed by atoms with van der Waals surface area (Å²) in [5, 5.41) is 21.0. The first-order chi connectivity index (χ1) is 13.9. The predicted molar refractivity (Wildman–Crippen MR) is 110 cm³/mol. The number of pyridine rings is 1. The maximum atomic E-state index is 12.9. The third-order valence-electron chi connectivity index (χ3n) is 5.65. The molecular formula is C19H26N8O2. The van der Waals surface area contributed by atoms with Gasteiger partial charge in [-0.25, -0.2) is 14.5 Å². The molecule has 3 aromatic rings. The summed E-state index contributed by atoms with van der Waals surface area (Å²) in [6, 6.07) is 1.76. The Balaban J connectivity index is 1.75. The number of aliphatic hydroxyl groups excluding tert-OH is 1. The lowest BCUT2D eigenvalue weighted by molar-refractivity contribution is 0.110. The van der Waals surface area contributed by atoms with E-state index in [1.54, 1.807) is 46.4 Å². The lowest BCUT2D eigenvalue weighted by Crippen LogP contribution is -2.30. The second-order valence-corrected chi connectivity index (χ2v) is 7.55. The van der Waals surface area contributed by atoms with Crippen molar-refractivity contribution in [3.8, 4) is 0 Å². The van der Waals surface area contributed by atoms with Gasteiger partial charge in [0.1, 0.15) is 11.0 Å². The minimum atomic E-state index is -0.286. The van der Waals surface area contributed by atoms with Crippen molar-refractivity contribution in [2.24, 2.45) is 7.05 Å². The van der Waals surface area contributed by atoms with Gasteiger partial charge < -0.3 is 15.8 Å². The van der Waals surface area contributed by atoms with Crippen molar-refractivity contribution in [1.82, 2.24) is 23.8 Å². The van der Waals surface area contributed by atoms with Crippen molar-refractivity contribution in [2.75, 3.05) is 17.8 Å². The molecule has 0 atom stereocenters. The van der Waals surface area contributed by atoms with E-state index in [-0.39, 0.29) is 17.8 Å². The number of aliphatic hydroxyl groups is 1. The molecule has 0 saturated heterocycles. The van der Waals surface area contributed by atoms with E-state index < -0.39 is 0 Å². The second kappa shape index (κ2) is 7.36. The van der Waals surface area contributed by atoms with E-state index in [0.717, 1.165) is 24.1 Å². The summed E-state index contributed by atoms with van der Waals surface area (Å²) >= 11 is 0. The highest BCUT2D eigenvalue weighted by Crippen LogP contribution is 2.30. The van der Waals surface area contributed by atoms with Gasteiger partial charge in [0.25, 0.3) is 0 Å². The van der Waals surface area contributed by atoms with Gasteiger partial charge in [0.2, 0.25) is 5.95 Å². The Labute approximate surface area is 167 Å². The molecule has 1 fully saturated rings. The van der Waals surface area contributed by atoms with Gasteiger partial charge in [-0.1, -0.05) is 0 Å². The molecule has 0 spiro atoms. The first kappa shape index (κ1) is 19.2. The van der Waals surface area contributed by atoms with E-state index >= 15 is 0 Å². The number of fused-ring (bicyclic) bond motifs is 1. The van der Waals surface area contributed by atoms with Crippen molar-refractivity contribution in [3.63, 3.8) is 0 Å². The number of nitrogens with zero attached hydrogens (tertiary/aromatic N) is 5. The minimum Gasteiger partial charge on any atom is -0.393 e. The first-order valence-electron chi connectivity index (χ1n) is 9.73. The fourth-order valence-corrected chi connectivity index (χ4v) is 3.93. The fraction of sp³-hybridized carbons (Fsp3) is 0.474. The van der Waals surface area contributed by atoms with Crippen LogP contribution in [0, 0.1) is 12.3 Å². The van der Waals surface area contributed by atoms with E-state index in [1.165, 1.54) is 0 Å². The molecule has 0 aromatic carbocycles. The van der Waals surface area contributed by atoms with Gasteiger partial charge in [-0.15, -0.1) is 0 Å². The largest absolute Gasteiger partial charge is 0.393 e. The molecule has 3 aromatic heterocycles. The molecule has 4 rings (SSSR count). The van der Waals surface area contributed by atoms with E-state index in [2.05, 4.69) is 20.7 Å². The molecule has 10 nitrogen and oxygen atoms in total. The lowest BCUT2D eigenvalue weighted by Gasteiger charge is -2.26. The maximum absolute atomic E-state index is 12.9.